The van der Waals surface area contributed by atoms with E-state index in [0.29, 0.717) is 6.42 Å². The van der Waals surface area contributed by atoms with Gasteiger partial charge in [0.05, 0.1) is 6.04 Å². The monoisotopic (exact) mass is 517 g/mol. The number of carboxylic acid groups (broad SMARTS) is 3. The van der Waals surface area contributed by atoms with Crippen LogP contribution < -0.4 is 27.4 Å². The molecule has 15 nitrogen and oxygen atoms in total. The third-order valence-corrected chi connectivity index (χ3v) is 5.38. The van der Waals surface area contributed by atoms with E-state index in [4.69, 9.17) is 21.7 Å². The van der Waals surface area contributed by atoms with Gasteiger partial charge >= 0.3 is 17.9 Å². The van der Waals surface area contributed by atoms with Gasteiger partial charge in [-0.15, -0.1) is 0 Å². The zero-order valence-corrected chi connectivity index (χ0v) is 20.2. The standard InChI is InChI=1S/C21H35N5O10/c1-3-10(2)17(21(35)36)26-20(34)12(5-7-14(23)27)25-19(33)13(6-9-16(30)31)24-18(32)11(22)4-8-15(28)29/h10-13,17H,3-9,22H2,1-2H3,(H2,23,27)(H,24,32)(H,25,33)(H,26,34)(H,28,29)(H,30,31)(H,35,36). The summed E-state index contributed by atoms with van der Waals surface area (Å²) in [6, 6.07) is -5.49. The van der Waals surface area contributed by atoms with Gasteiger partial charge in [0.25, 0.3) is 0 Å². The lowest BCUT2D eigenvalue weighted by Crippen LogP contribution is -2.57. The fourth-order valence-corrected chi connectivity index (χ4v) is 2.99. The molecule has 5 atom stereocenters. The van der Waals surface area contributed by atoms with Crippen LogP contribution in [-0.2, 0) is 33.6 Å². The topological polar surface area (TPSA) is 268 Å². The van der Waals surface area contributed by atoms with E-state index in [-0.39, 0.29) is 19.3 Å². The van der Waals surface area contributed by atoms with Crippen molar-refractivity contribution in [2.24, 2.45) is 17.4 Å². The largest absolute Gasteiger partial charge is 0.481 e. The van der Waals surface area contributed by atoms with Crippen LogP contribution in [0.4, 0.5) is 0 Å². The van der Waals surface area contributed by atoms with Crippen LogP contribution in [0.15, 0.2) is 0 Å². The molecule has 0 saturated carbocycles. The fraction of sp³-hybridized carbons (Fsp3) is 0.667. The minimum atomic E-state index is -1.47. The molecule has 4 amide bonds. The van der Waals surface area contributed by atoms with Gasteiger partial charge in [-0.05, 0) is 25.2 Å². The molecule has 5 unspecified atom stereocenters. The van der Waals surface area contributed by atoms with Gasteiger partial charge in [-0.3, -0.25) is 28.8 Å². The van der Waals surface area contributed by atoms with Crippen molar-refractivity contribution in [1.82, 2.24) is 16.0 Å². The molecule has 0 aliphatic rings. The maximum absolute atomic E-state index is 12.9. The summed E-state index contributed by atoms with van der Waals surface area (Å²) in [5, 5.41) is 34.0. The molecule has 0 fully saturated rings. The molecule has 0 aromatic rings. The second-order valence-electron chi connectivity index (χ2n) is 8.31. The van der Waals surface area contributed by atoms with Crippen molar-refractivity contribution in [3.05, 3.63) is 0 Å². The summed E-state index contributed by atoms with van der Waals surface area (Å²) < 4.78 is 0. The highest BCUT2D eigenvalue weighted by Crippen LogP contribution is 2.10. The van der Waals surface area contributed by atoms with Gasteiger partial charge in [0.2, 0.25) is 23.6 Å². The lowest BCUT2D eigenvalue weighted by atomic mass is 9.98. The molecule has 0 saturated heterocycles. The minimum absolute atomic E-state index is 0.246. The van der Waals surface area contributed by atoms with E-state index in [1.165, 1.54) is 0 Å². The van der Waals surface area contributed by atoms with Crippen LogP contribution in [0.25, 0.3) is 0 Å². The summed E-state index contributed by atoms with van der Waals surface area (Å²) in [5.41, 5.74) is 10.8. The third kappa shape index (κ3) is 12.6. The van der Waals surface area contributed by atoms with Gasteiger partial charge in [-0.1, -0.05) is 20.3 Å². The minimum Gasteiger partial charge on any atom is -0.481 e. The molecule has 0 spiro atoms. The predicted molar refractivity (Wildman–Crippen MR) is 123 cm³/mol. The van der Waals surface area contributed by atoms with E-state index in [1.54, 1.807) is 13.8 Å². The van der Waals surface area contributed by atoms with Crippen LogP contribution in [0.1, 0.15) is 58.8 Å². The number of nitrogens with two attached hydrogens (primary N) is 2. The van der Waals surface area contributed by atoms with Crippen LogP contribution >= 0.6 is 0 Å². The highest BCUT2D eigenvalue weighted by Gasteiger charge is 2.32. The van der Waals surface area contributed by atoms with Crippen LogP contribution in [0.5, 0.6) is 0 Å². The maximum atomic E-state index is 12.9. The second-order valence-corrected chi connectivity index (χ2v) is 8.31. The smallest absolute Gasteiger partial charge is 0.326 e. The highest BCUT2D eigenvalue weighted by atomic mass is 16.4. The number of aliphatic carboxylic acids is 3. The average Bonchev–Trinajstić information content (AvgIpc) is 2.79. The molecule has 0 bridgehead atoms. The summed E-state index contributed by atoms with van der Waals surface area (Å²) in [7, 11) is 0. The Morgan fingerprint density at radius 1 is 0.722 bits per heavy atom. The molecule has 0 heterocycles. The van der Waals surface area contributed by atoms with Crippen LogP contribution in [0.2, 0.25) is 0 Å². The molecule has 0 aliphatic heterocycles. The van der Waals surface area contributed by atoms with Crippen molar-refractivity contribution in [3.8, 4) is 0 Å². The first-order valence-electron chi connectivity index (χ1n) is 11.3. The van der Waals surface area contributed by atoms with Crippen molar-refractivity contribution >= 4 is 41.5 Å². The number of carboxylic acids is 3. The highest BCUT2D eigenvalue weighted by molar-refractivity contribution is 5.94. The summed E-state index contributed by atoms with van der Waals surface area (Å²) in [5.74, 6) is -7.86. The van der Waals surface area contributed by atoms with Crippen molar-refractivity contribution < 1.29 is 48.9 Å². The first-order valence-corrected chi connectivity index (χ1v) is 11.3. The normalized spacial score (nSPS) is 14.9. The molecule has 0 rings (SSSR count). The van der Waals surface area contributed by atoms with E-state index in [9.17, 15) is 38.7 Å². The fourth-order valence-electron chi connectivity index (χ4n) is 2.99. The number of primary amides is 1. The Morgan fingerprint density at radius 2 is 1.17 bits per heavy atom. The Hall–Kier alpha value is -3.75. The van der Waals surface area contributed by atoms with E-state index >= 15 is 0 Å². The molecular formula is C21H35N5O10. The second kappa shape index (κ2) is 16.0. The van der Waals surface area contributed by atoms with E-state index in [2.05, 4.69) is 16.0 Å². The molecule has 204 valence electrons. The van der Waals surface area contributed by atoms with Gasteiger partial charge in [-0.2, -0.15) is 0 Å². The van der Waals surface area contributed by atoms with Gasteiger partial charge in [0, 0.05) is 19.3 Å². The average molecular weight is 518 g/mol. The molecule has 0 aromatic carbocycles. The van der Waals surface area contributed by atoms with Crippen LogP contribution in [0, 0.1) is 5.92 Å². The molecule has 0 radical (unpaired) electrons. The van der Waals surface area contributed by atoms with Gasteiger partial charge in [-0.25, -0.2) is 4.79 Å². The number of hydrogen-bond donors (Lipinski definition) is 8. The van der Waals surface area contributed by atoms with Crippen molar-refractivity contribution in [2.45, 2.75) is 83.0 Å². The lowest BCUT2D eigenvalue weighted by molar-refractivity contribution is -0.144. The zero-order chi connectivity index (χ0) is 28.0. The van der Waals surface area contributed by atoms with Crippen molar-refractivity contribution in [1.29, 1.82) is 0 Å². The number of carbonyl (C=O) groups excluding carboxylic acids is 4. The quantitative estimate of drug-likeness (QED) is 0.0974. The Labute approximate surface area is 207 Å². The SMILES string of the molecule is CCC(C)C(NC(=O)C(CCC(N)=O)NC(=O)C(CCC(=O)O)NC(=O)C(N)CCC(=O)O)C(=O)O. The Bertz CT molecular complexity index is 834. The van der Waals surface area contributed by atoms with Crippen LogP contribution in [-0.4, -0.2) is 81.0 Å². The third-order valence-electron chi connectivity index (χ3n) is 5.38. The van der Waals surface area contributed by atoms with Gasteiger partial charge in [0.1, 0.15) is 18.1 Å². The van der Waals surface area contributed by atoms with Gasteiger partial charge in [0.15, 0.2) is 0 Å². The Kier molecular flexibility index (Phi) is 14.4. The molecular weight excluding hydrogens is 482 g/mol. The summed E-state index contributed by atoms with van der Waals surface area (Å²) in [4.78, 5) is 82.5. The number of hydrogen-bond acceptors (Lipinski definition) is 8. The number of amides is 4. The zero-order valence-electron chi connectivity index (χ0n) is 20.2. The number of nitrogens with one attached hydrogen (secondary N) is 3. The van der Waals surface area contributed by atoms with Crippen molar-refractivity contribution in [2.75, 3.05) is 0 Å². The van der Waals surface area contributed by atoms with Crippen molar-refractivity contribution in [3.63, 3.8) is 0 Å². The summed E-state index contributed by atoms with van der Waals surface area (Å²) in [6.45, 7) is 3.32. The molecule has 0 aromatic heterocycles. The lowest BCUT2D eigenvalue weighted by Gasteiger charge is -2.26. The first-order chi connectivity index (χ1) is 16.7. The van der Waals surface area contributed by atoms with E-state index < -0.39 is 90.9 Å². The first kappa shape index (κ1) is 32.2. The van der Waals surface area contributed by atoms with E-state index in [0.717, 1.165) is 0 Å². The maximum Gasteiger partial charge on any atom is 0.326 e. The number of carbonyl (C=O) groups is 7. The number of rotatable bonds is 18. The molecule has 15 heteroatoms. The van der Waals surface area contributed by atoms with Gasteiger partial charge < -0.3 is 42.7 Å². The van der Waals surface area contributed by atoms with Crippen LogP contribution in [0.3, 0.4) is 0 Å². The molecule has 10 N–H and O–H groups in total. The summed E-state index contributed by atoms with van der Waals surface area (Å²) in [6.07, 6.45) is -1.82. The Morgan fingerprint density at radius 3 is 1.61 bits per heavy atom. The predicted octanol–water partition coefficient (Wildman–Crippen LogP) is -2.11. The Balaban J connectivity index is 5.67. The molecule has 0 aliphatic carbocycles. The molecule has 36 heavy (non-hydrogen) atoms. The van der Waals surface area contributed by atoms with E-state index in [1.807, 2.05) is 0 Å². The summed E-state index contributed by atoms with van der Waals surface area (Å²) >= 11 is 0.